The van der Waals surface area contributed by atoms with Gasteiger partial charge in [-0.2, -0.15) is 0 Å². The number of anilines is 1. The molecule has 0 unspecified atom stereocenters. The summed E-state index contributed by atoms with van der Waals surface area (Å²) in [6, 6.07) is 14.5. The number of carboxylic acid groups (broad SMARTS) is 1. The maximum atomic E-state index is 12.9. The topological polar surface area (TPSA) is 102 Å². The number of fused-ring (bicyclic) bond motifs is 2. The molecule has 132 valence electrons. The number of benzene rings is 3. The van der Waals surface area contributed by atoms with Gasteiger partial charge < -0.3 is 14.6 Å². The van der Waals surface area contributed by atoms with Crippen LogP contribution in [0.25, 0.3) is 10.8 Å². The van der Waals surface area contributed by atoms with Gasteiger partial charge in [-0.15, -0.1) is 0 Å². The van der Waals surface area contributed by atoms with Crippen molar-refractivity contribution in [2.45, 2.75) is 4.90 Å². The summed E-state index contributed by atoms with van der Waals surface area (Å²) >= 11 is 0. The molecule has 0 bridgehead atoms. The van der Waals surface area contributed by atoms with Gasteiger partial charge in [0.15, 0.2) is 11.5 Å². The average molecular weight is 371 g/mol. The Hall–Kier alpha value is -3.26. The third-order valence-electron chi connectivity index (χ3n) is 4.03. The number of rotatable bonds is 4. The summed E-state index contributed by atoms with van der Waals surface area (Å²) in [4.78, 5) is 11.6. The molecular weight excluding hydrogens is 358 g/mol. The molecule has 1 aliphatic rings. The first-order valence-electron chi connectivity index (χ1n) is 7.63. The molecule has 1 heterocycles. The molecule has 0 saturated carbocycles. The molecule has 7 nitrogen and oxygen atoms in total. The maximum Gasteiger partial charge on any atom is 0.337 e. The first-order valence-corrected chi connectivity index (χ1v) is 9.11. The zero-order valence-corrected chi connectivity index (χ0v) is 14.1. The van der Waals surface area contributed by atoms with E-state index in [0.717, 1.165) is 5.39 Å². The van der Waals surface area contributed by atoms with E-state index in [4.69, 9.17) is 9.47 Å². The second-order valence-electron chi connectivity index (χ2n) is 5.64. The molecule has 26 heavy (non-hydrogen) atoms. The van der Waals surface area contributed by atoms with Crippen molar-refractivity contribution >= 4 is 32.5 Å². The predicted molar refractivity (Wildman–Crippen MR) is 94.3 cm³/mol. The van der Waals surface area contributed by atoms with Crippen LogP contribution < -0.4 is 14.2 Å². The molecule has 0 spiro atoms. The Balaban J connectivity index is 1.83. The third kappa shape index (κ3) is 2.70. The van der Waals surface area contributed by atoms with Crippen LogP contribution in [0.4, 0.5) is 5.69 Å². The van der Waals surface area contributed by atoms with E-state index < -0.39 is 16.0 Å². The van der Waals surface area contributed by atoms with Gasteiger partial charge in [0, 0.05) is 17.5 Å². The smallest absolute Gasteiger partial charge is 0.337 e. The Morgan fingerprint density at radius 2 is 1.69 bits per heavy atom. The molecule has 0 amide bonds. The summed E-state index contributed by atoms with van der Waals surface area (Å²) in [6.45, 7) is -0.0477. The summed E-state index contributed by atoms with van der Waals surface area (Å²) < 4.78 is 38.6. The van der Waals surface area contributed by atoms with Crippen LogP contribution in [0.3, 0.4) is 0 Å². The van der Waals surface area contributed by atoms with Crippen molar-refractivity contribution in [3.63, 3.8) is 0 Å². The van der Waals surface area contributed by atoms with E-state index in [2.05, 4.69) is 4.72 Å². The van der Waals surface area contributed by atoms with Gasteiger partial charge in [-0.1, -0.05) is 36.4 Å². The van der Waals surface area contributed by atoms with Crippen LogP contribution in [0.1, 0.15) is 10.4 Å². The second-order valence-corrected chi connectivity index (χ2v) is 7.29. The molecule has 0 fully saturated rings. The van der Waals surface area contributed by atoms with E-state index in [1.54, 1.807) is 30.3 Å². The van der Waals surface area contributed by atoms with Crippen molar-refractivity contribution in [3.8, 4) is 11.5 Å². The Bertz CT molecular complexity index is 1130. The fourth-order valence-corrected chi connectivity index (χ4v) is 4.13. The number of nitrogens with one attached hydrogen (secondary N) is 1. The summed E-state index contributed by atoms with van der Waals surface area (Å²) in [6.07, 6.45) is 0. The van der Waals surface area contributed by atoms with Crippen molar-refractivity contribution < 1.29 is 27.8 Å². The molecule has 0 aromatic heterocycles. The Labute approximate surface area is 148 Å². The fraction of sp³-hybridized carbons (Fsp3) is 0.0556. The SMILES string of the molecule is O=C(O)c1cc2c(cc1NS(=O)(=O)c1cccc3ccccc13)OCO2. The highest BCUT2D eigenvalue weighted by molar-refractivity contribution is 7.93. The lowest BCUT2D eigenvalue weighted by Crippen LogP contribution is -2.16. The van der Waals surface area contributed by atoms with Crippen molar-refractivity contribution in [3.05, 3.63) is 60.2 Å². The van der Waals surface area contributed by atoms with Gasteiger partial charge in [0.2, 0.25) is 6.79 Å². The highest BCUT2D eigenvalue weighted by Gasteiger charge is 2.25. The van der Waals surface area contributed by atoms with Gasteiger partial charge in [0.25, 0.3) is 10.0 Å². The zero-order valence-electron chi connectivity index (χ0n) is 13.3. The van der Waals surface area contributed by atoms with Crippen LogP contribution in [-0.2, 0) is 10.0 Å². The van der Waals surface area contributed by atoms with E-state index in [0.29, 0.717) is 5.39 Å². The van der Waals surface area contributed by atoms with Crippen LogP contribution in [0.5, 0.6) is 11.5 Å². The molecule has 0 saturated heterocycles. The molecule has 4 rings (SSSR count). The molecular formula is C18H13NO6S. The molecule has 0 radical (unpaired) electrons. The normalized spacial score (nSPS) is 12.9. The largest absolute Gasteiger partial charge is 0.478 e. The lowest BCUT2D eigenvalue weighted by Gasteiger charge is -2.13. The Kier molecular flexibility index (Phi) is 3.69. The number of hydrogen-bond donors (Lipinski definition) is 2. The second kappa shape index (κ2) is 5.92. The monoisotopic (exact) mass is 371 g/mol. The predicted octanol–water partition coefficient (Wildman–Crippen LogP) is 3.07. The van der Waals surface area contributed by atoms with Crippen LogP contribution in [0, 0.1) is 0 Å². The lowest BCUT2D eigenvalue weighted by molar-refractivity contribution is 0.0697. The minimum absolute atomic E-state index is 0.0477. The van der Waals surface area contributed by atoms with Crippen LogP contribution >= 0.6 is 0 Å². The van der Waals surface area contributed by atoms with Crippen molar-refractivity contribution in [2.24, 2.45) is 0 Å². The van der Waals surface area contributed by atoms with Gasteiger partial charge >= 0.3 is 5.97 Å². The first-order chi connectivity index (χ1) is 12.5. The van der Waals surface area contributed by atoms with Gasteiger partial charge in [-0.05, 0) is 11.5 Å². The van der Waals surface area contributed by atoms with Crippen molar-refractivity contribution in [2.75, 3.05) is 11.5 Å². The number of carbonyl (C=O) groups is 1. The first kappa shape index (κ1) is 16.2. The highest BCUT2D eigenvalue weighted by Crippen LogP contribution is 2.38. The van der Waals surface area contributed by atoms with E-state index in [1.807, 2.05) is 6.07 Å². The quantitative estimate of drug-likeness (QED) is 0.731. The average Bonchev–Trinajstić information content (AvgIpc) is 3.07. The number of ether oxygens (including phenoxy) is 2. The summed E-state index contributed by atoms with van der Waals surface area (Å²) in [5.74, 6) is -0.736. The van der Waals surface area contributed by atoms with E-state index in [9.17, 15) is 18.3 Å². The fourth-order valence-electron chi connectivity index (χ4n) is 2.83. The molecule has 8 heteroatoms. The number of carboxylic acids is 1. The number of sulfonamides is 1. The van der Waals surface area contributed by atoms with Gasteiger partial charge in [0.05, 0.1) is 16.1 Å². The molecule has 1 aliphatic heterocycles. The standard InChI is InChI=1S/C18H13NO6S/c20-18(21)13-8-15-16(25-10-24-15)9-14(13)19-26(22,23)17-7-3-5-11-4-1-2-6-12(11)17/h1-9,19H,10H2,(H,20,21). The Morgan fingerprint density at radius 1 is 1.00 bits per heavy atom. The molecule has 2 N–H and O–H groups in total. The highest BCUT2D eigenvalue weighted by atomic mass is 32.2. The maximum absolute atomic E-state index is 12.9. The minimum Gasteiger partial charge on any atom is -0.478 e. The number of aromatic carboxylic acids is 1. The molecule has 3 aromatic carbocycles. The van der Waals surface area contributed by atoms with Crippen molar-refractivity contribution in [1.29, 1.82) is 0 Å². The molecule has 0 aliphatic carbocycles. The van der Waals surface area contributed by atoms with Gasteiger partial charge in [-0.3, -0.25) is 4.72 Å². The summed E-state index contributed by atoms with van der Waals surface area (Å²) in [7, 11) is -4.02. The third-order valence-corrected chi connectivity index (χ3v) is 5.45. The van der Waals surface area contributed by atoms with E-state index in [-0.39, 0.29) is 34.4 Å². The van der Waals surface area contributed by atoms with Gasteiger partial charge in [-0.25, -0.2) is 13.2 Å². The van der Waals surface area contributed by atoms with Gasteiger partial charge in [0.1, 0.15) is 0 Å². The van der Waals surface area contributed by atoms with Crippen LogP contribution in [0.2, 0.25) is 0 Å². The zero-order chi connectivity index (χ0) is 18.3. The summed E-state index contributed by atoms with van der Waals surface area (Å²) in [5, 5.41) is 10.7. The lowest BCUT2D eigenvalue weighted by atomic mass is 10.1. The van der Waals surface area contributed by atoms with E-state index in [1.165, 1.54) is 18.2 Å². The number of hydrogen-bond acceptors (Lipinski definition) is 5. The molecule has 0 atom stereocenters. The van der Waals surface area contributed by atoms with Crippen LogP contribution in [0.15, 0.2) is 59.5 Å². The van der Waals surface area contributed by atoms with Crippen molar-refractivity contribution in [1.82, 2.24) is 0 Å². The summed E-state index contributed by atoms with van der Waals surface area (Å²) in [5.41, 5.74) is -0.312. The Morgan fingerprint density at radius 3 is 2.46 bits per heavy atom. The van der Waals surface area contributed by atoms with E-state index >= 15 is 0 Å². The van der Waals surface area contributed by atoms with Crippen LogP contribution in [-0.4, -0.2) is 26.3 Å². The molecule has 3 aromatic rings. The minimum atomic E-state index is -4.02.